The number of carbonyl (C=O) groups is 1. The van der Waals surface area contributed by atoms with Gasteiger partial charge in [0.05, 0.1) is 0 Å². The number of rotatable bonds is 6. The Morgan fingerprint density at radius 1 is 1.33 bits per heavy atom. The lowest BCUT2D eigenvalue weighted by atomic mass is 10.1. The van der Waals surface area contributed by atoms with Gasteiger partial charge in [-0.15, -0.1) is 0 Å². The summed E-state index contributed by atoms with van der Waals surface area (Å²) in [6, 6.07) is 0. The van der Waals surface area contributed by atoms with Gasteiger partial charge < -0.3 is 5.11 Å². The number of hydrogen-bond acceptors (Lipinski definition) is 2. The normalized spacial score (nSPS) is 10.6. The minimum absolute atomic E-state index is 0.751. The Morgan fingerprint density at radius 2 is 2.00 bits per heavy atom. The quantitative estimate of drug-likeness (QED) is 0.650. The van der Waals surface area contributed by atoms with Crippen LogP contribution in [0.1, 0.15) is 39.5 Å². The van der Waals surface area contributed by atoms with Crippen LogP contribution in [0.5, 0.6) is 0 Å². The first kappa shape index (κ1) is 11.8. The fourth-order valence-corrected chi connectivity index (χ4v) is 1.51. The molecule has 2 nitrogen and oxygen atoms in total. The van der Waals surface area contributed by atoms with E-state index in [1.807, 2.05) is 0 Å². The summed E-state index contributed by atoms with van der Waals surface area (Å²) in [6.07, 6.45) is 4.69. The van der Waals surface area contributed by atoms with Crippen molar-refractivity contribution in [2.24, 2.45) is 5.92 Å². The highest BCUT2D eigenvalue weighted by atomic mass is 32.2. The monoisotopic (exact) mass is 190 g/mol. The van der Waals surface area contributed by atoms with Gasteiger partial charge in [-0.05, 0) is 24.1 Å². The molecule has 12 heavy (non-hydrogen) atoms. The Bertz CT molecular complexity index is 124. The Balaban J connectivity index is 2.96. The summed E-state index contributed by atoms with van der Waals surface area (Å²) >= 11 is 1.01. The zero-order valence-electron chi connectivity index (χ0n) is 7.88. The van der Waals surface area contributed by atoms with Crippen molar-refractivity contribution in [2.45, 2.75) is 39.5 Å². The molecule has 0 aliphatic rings. The Kier molecular flexibility index (Phi) is 7.36. The summed E-state index contributed by atoms with van der Waals surface area (Å²) in [7, 11) is 0. The van der Waals surface area contributed by atoms with E-state index in [1.54, 1.807) is 0 Å². The summed E-state index contributed by atoms with van der Waals surface area (Å²) in [5.41, 5.74) is 0. The fraction of sp³-hybridized carbons (Fsp3) is 0.889. The first-order valence-electron chi connectivity index (χ1n) is 4.48. The van der Waals surface area contributed by atoms with Crippen molar-refractivity contribution in [3.05, 3.63) is 0 Å². The van der Waals surface area contributed by atoms with Crippen LogP contribution >= 0.6 is 11.8 Å². The van der Waals surface area contributed by atoms with Crippen LogP contribution in [-0.4, -0.2) is 16.2 Å². The fourth-order valence-electron chi connectivity index (χ4n) is 0.991. The van der Waals surface area contributed by atoms with Crippen molar-refractivity contribution in [2.75, 3.05) is 5.75 Å². The van der Waals surface area contributed by atoms with E-state index < -0.39 is 5.30 Å². The third-order valence-electron chi connectivity index (χ3n) is 1.65. The predicted molar refractivity (Wildman–Crippen MR) is 53.8 cm³/mol. The molecule has 0 bridgehead atoms. The highest BCUT2D eigenvalue weighted by Gasteiger charge is 1.97. The maximum absolute atomic E-state index is 10.1. The van der Waals surface area contributed by atoms with Gasteiger partial charge in [-0.2, -0.15) is 0 Å². The highest BCUT2D eigenvalue weighted by molar-refractivity contribution is 8.13. The minimum Gasteiger partial charge on any atom is -0.473 e. The standard InChI is InChI=1S/C9H18O2S/c1-8(2)6-4-3-5-7-12-9(10)11/h8H,3-7H2,1-2H3,(H,10,11). The Hall–Kier alpha value is -0.180. The van der Waals surface area contributed by atoms with Gasteiger partial charge in [-0.1, -0.05) is 33.1 Å². The van der Waals surface area contributed by atoms with Crippen molar-refractivity contribution < 1.29 is 9.90 Å². The number of hydrogen-bond donors (Lipinski definition) is 1. The minimum atomic E-state index is -0.751. The molecule has 0 saturated heterocycles. The molecule has 1 N–H and O–H groups in total. The van der Waals surface area contributed by atoms with Crippen molar-refractivity contribution >= 4 is 17.1 Å². The molecule has 72 valence electrons. The molecule has 0 fully saturated rings. The number of unbranched alkanes of at least 4 members (excludes halogenated alkanes) is 2. The second kappa shape index (κ2) is 7.47. The summed E-state index contributed by atoms with van der Waals surface area (Å²) in [4.78, 5) is 10.1. The number of thioether (sulfide) groups is 1. The van der Waals surface area contributed by atoms with Gasteiger partial charge >= 0.3 is 5.30 Å². The first-order valence-corrected chi connectivity index (χ1v) is 5.47. The number of carboxylic acid groups (broad SMARTS) is 1. The molecule has 0 unspecified atom stereocenters. The molecule has 0 aromatic carbocycles. The van der Waals surface area contributed by atoms with E-state index >= 15 is 0 Å². The van der Waals surface area contributed by atoms with Crippen LogP contribution in [0.4, 0.5) is 4.79 Å². The summed E-state index contributed by atoms with van der Waals surface area (Å²) in [5, 5.41) is 7.57. The molecule has 0 rings (SSSR count). The zero-order valence-corrected chi connectivity index (χ0v) is 8.69. The second-order valence-corrected chi connectivity index (χ2v) is 4.40. The molecule has 0 aliphatic carbocycles. The van der Waals surface area contributed by atoms with Gasteiger partial charge in [-0.25, -0.2) is 4.79 Å². The van der Waals surface area contributed by atoms with Crippen LogP contribution in [0.25, 0.3) is 0 Å². The average Bonchev–Trinajstić information content (AvgIpc) is 1.95. The summed E-state index contributed by atoms with van der Waals surface area (Å²) in [6.45, 7) is 4.43. The van der Waals surface area contributed by atoms with Gasteiger partial charge in [0, 0.05) is 5.75 Å². The average molecular weight is 190 g/mol. The van der Waals surface area contributed by atoms with Crippen molar-refractivity contribution in [1.29, 1.82) is 0 Å². The van der Waals surface area contributed by atoms with E-state index in [0.717, 1.165) is 29.9 Å². The molecule has 0 amide bonds. The molecule has 0 aromatic heterocycles. The van der Waals surface area contributed by atoms with E-state index in [1.165, 1.54) is 19.3 Å². The lowest BCUT2D eigenvalue weighted by Gasteiger charge is -2.02. The Morgan fingerprint density at radius 3 is 2.50 bits per heavy atom. The van der Waals surface area contributed by atoms with Crippen LogP contribution < -0.4 is 0 Å². The summed E-state index contributed by atoms with van der Waals surface area (Å²) < 4.78 is 0. The predicted octanol–water partition coefficient (Wildman–Crippen LogP) is 3.61. The van der Waals surface area contributed by atoms with E-state index in [-0.39, 0.29) is 0 Å². The Labute approximate surface area is 78.7 Å². The van der Waals surface area contributed by atoms with Crippen LogP contribution in [-0.2, 0) is 0 Å². The molecular weight excluding hydrogens is 172 g/mol. The van der Waals surface area contributed by atoms with Gasteiger partial charge in [0.1, 0.15) is 0 Å². The molecule has 0 aromatic rings. The molecule has 0 spiro atoms. The van der Waals surface area contributed by atoms with Gasteiger partial charge in [0.2, 0.25) is 0 Å². The van der Waals surface area contributed by atoms with Crippen LogP contribution in [0, 0.1) is 5.92 Å². The molecular formula is C9H18O2S. The van der Waals surface area contributed by atoms with E-state index in [9.17, 15) is 4.79 Å². The molecule has 3 heteroatoms. The zero-order chi connectivity index (χ0) is 9.40. The topological polar surface area (TPSA) is 37.3 Å². The molecule has 0 radical (unpaired) electrons. The first-order chi connectivity index (χ1) is 5.63. The van der Waals surface area contributed by atoms with Crippen LogP contribution in [0.3, 0.4) is 0 Å². The van der Waals surface area contributed by atoms with Crippen molar-refractivity contribution in [3.8, 4) is 0 Å². The van der Waals surface area contributed by atoms with Gasteiger partial charge in [0.15, 0.2) is 0 Å². The SMILES string of the molecule is CC(C)CCCCCSC(=O)O. The molecule has 0 aliphatic heterocycles. The maximum Gasteiger partial charge on any atom is 0.364 e. The van der Waals surface area contributed by atoms with Gasteiger partial charge in [0.25, 0.3) is 0 Å². The third kappa shape index (κ3) is 9.82. The van der Waals surface area contributed by atoms with Crippen molar-refractivity contribution in [1.82, 2.24) is 0 Å². The van der Waals surface area contributed by atoms with Crippen LogP contribution in [0.15, 0.2) is 0 Å². The van der Waals surface area contributed by atoms with Crippen LogP contribution in [0.2, 0.25) is 0 Å². The molecule has 0 saturated carbocycles. The smallest absolute Gasteiger partial charge is 0.364 e. The summed E-state index contributed by atoms with van der Waals surface area (Å²) in [5.74, 6) is 1.53. The van der Waals surface area contributed by atoms with Crippen molar-refractivity contribution in [3.63, 3.8) is 0 Å². The maximum atomic E-state index is 10.1. The van der Waals surface area contributed by atoms with Gasteiger partial charge in [-0.3, -0.25) is 0 Å². The molecule has 0 heterocycles. The van der Waals surface area contributed by atoms with E-state index in [0.29, 0.717) is 0 Å². The largest absolute Gasteiger partial charge is 0.473 e. The second-order valence-electron chi connectivity index (χ2n) is 3.36. The third-order valence-corrected chi connectivity index (χ3v) is 2.39. The van der Waals surface area contributed by atoms with E-state index in [4.69, 9.17) is 5.11 Å². The lowest BCUT2D eigenvalue weighted by Crippen LogP contribution is -1.90. The molecule has 0 atom stereocenters. The lowest BCUT2D eigenvalue weighted by molar-refractivity contribution is 0.222. The highest BCUT2D eigenvalue weighted by Crippen LogP contribution is 2.11. The van der Waals surface area contributed by atoms with E-state index in [2.05, 4.69) is 13.8 Å².